The standard InChI is InChI=1S/C13H23N3O2/c1-14-6-8-16(9-7-14)12-2-4-15(5-3-12)13(10-17)11-18/h10-13H,2-9H2,1H3. The molecule has 0 bridgehead atoms. The van der Waals surface area contributed by atoms with Gasteiger partial charge in [0.1, 0.15) is 18.6 Å². The van der Waals surface area contributed by atoms with E-state index in [9.17, 15) is 9.59 Å². The van der Waals surface area contributed by atoms with E-state index >= 15 is 0 Å². The Morgan fingerprint density at radius 2 is 1.50 bits per heavy atom. The molecule has 102 valence electrons. The summed E-state index contributed by atoms with van der Waals surface area (Å²) in [5.41, 5.74) is 0. The summed E-state index contributed by atoms with van der Waals surface area (Å²) >= 11 is 0. The predicted molar refractivity (Wildman–Crippen MR) is 69.6 cm³/mol. The number of nitrogens with zero attached hydrogens (tertiary/aromatic N) is 3. The van der Waals surface area contributed by atoms with Crippen LogP contribution in [0.15, 0.2) is 0 Å². The smallest absolute Gasteiger partial charge is 0.144 e. The number of hydrogen-bond donors (Lipinski definition) is 0. The Kier molecular flexibility index (Phi) is 4.86. The molecule has 0 aromatic carbocycles. The van der Waals surface area contributed by atoms with E-state index in [4.69, 9.17) is 0 Å². The van der Waals surface area contributed by atoms with E-state index in [1.807, 2.05) is 4.90 Å². The molecule has 5 heteroatoms. The average molecular weight is 253 g/mol. The molecule has 0 saturated carbocycles. The highest BCUT2D eigenvalue weighted by atomic mass is 16.1. The number of rotatable bonds is 4. The summed E-state index contributed by atoms with van der Waals surface area (Å²) in [6.45, 7) is 6.30. The molecule has 2 heterocycles. The van der Waals surface area contributed by atoms with Crippen LogP contribution >= 0.6 is 0 Å². The highest BCUT2D eigenvalue weighted by Gasteiger charge is 2.29. The van der Waals surface area contributed by atoms with Crippen LogP contribution in [-0.4, -0.2) is 85.7 Å². The van der Waals surface area contributed by atoms with Gasteiger partial charge in [-0.1, -0.05) is 0 Å². The van der Waals surface area contributed by atoms with Crippen molar-refractivity contribution >= 4 is 12.6 Å². The Morgan fingerprint density at radius 3 is 2.00 bits per heavy atom. The lowest BCUT2D eigenvalue weighted by molar-refractivity contribution is -0.121. The molecule has 0 radical (unpaired) electrons. The molecule has 0 aromatic heterocycles. The fourth-order valence-electron chi connectivity index (χ4n) is 2.94. The maximum atomic E-state index is 10.8. The van der Waals surface area contributed by atoms with Gasteiger partial charge in [0.2, 0.25) is 0 Å². The maximum Gasteiger partial charge on any atom is 0.144 e. The van der Waals surface area contributed by atoms with E-state index in [1.54, 1.807) is 0 Å². The van der Waals surface area contributed by atoms with Crippen LogP contribution in [0.3, 0.4) is 0 Å². The summed E-state index contributed by atoms with van der Waals surface area (Å²) in [6.07, 6.45) is 3.65. The number of carbonyl (C=O) groups excluding carboxylic acids is 2. The van der Waals surface area contributed by atoms with Crippen molar-refractivity contribution in [3.05, 3.63) is 0 Å². The van der Waals surface area contributed by atoms with Crippen molar-refractivity contribution in [2.24, 2.45) is 0 Å². The topological polar surface area (TPSA) is 43.9 Å². The van der Waals surface area contributed by atoms with E-state index in [0.717, 1.165) is 64.7 Å². The Balaban J connectivity index is 1.79. The lowest BCUT2D eigenvalue weighted by atomic mass is 10.0. The zero-order valence-electron chi connectivity index (χ0n) is 11.1. The fraction of sp³-hybridized carbons (Fsp3) is 0.846. The summed E-state index contributed by atoms with van der Waals surface area (Å²) in [5.74, 6) is 0. The number of hydrogen-bond acceptors (Lipinski definition) is 5. The molecular weight excluding hydrogens is 230 g/mol. The second kappa shape index (κ2) is 6.41. The molecule has 5 nitrogen and oxygen atoms in total. The van der Waals surface area contributed by atoms with E-state index in [0.29, 0.717) is 6.04 Å². The zero-order valence-corrected chi connectivity index (χ0v) is 11.1. The number of piperazine rings is 1. The minimum atomic E-state index is -0.529. The highest BCUT2D eigenvalue weighted by Crippen LogP contribution is 2.18. The molecular formula is C13H23N3O2. The minimum absolute atomic E-state index is 0.529. The summed E-state index contributed by atoms with van der Waals surface area (Å²) in [7, 11) is 2.17. The van der Waals surface area contributed by atoms with Crippen LogP contribution in [0.4, 0.5) is 0 Å². The molecule has 18 heavy (non-hydrogen) atoms. The number of likely N-dealkylation sites (N-methyl/N-ethyl adjacent to an activating group) is 1. The van der Waals surface area contributed by atoms with Crippen LogP contribution in [0.25, 0.3) is 0 Å². The van der Waals surface area contributed by atoms with Crippen LogP contribution in [-0.2, 0) is 9.59 Å². The van der Waals surface area contributed by atoms with E-state index in [-0.39, 0.29) is 0 Å². The molecule has 0 aromatic rings. The van der Waals surface area contributed by atoms with Gasteiger partial charge < -0.3 is 14.5 Å². The Morgan fingerprint density at radius 1 is 0.944 bits per heavy atom. The van der Waals surface area contributed by atoms with Crippen molar-refractivity contribution in [1.29, 1.82) is 0 Å². The Labute approximate surface area is 109 Å². The van der Waals surface area contributed by atoms with Crippen LogP contribution in [0.5, 0.6) is 0 Å². The number of carbonyl (C=O) groups is 2. The van der Waals surface area contributed by atoms with Gasteiger partial charge in [0.15, 0.2) is 0 Å². The van der Waals surface area contributed by atoms with Gasteiger partial charge in [-0.2, -0.15) is 0 Å². The SMILES string of the molecule is CN1CCN(C2CCN(C(C=O)C=O)CC2)CC1. The van der Waals surface area contributed by atoms with Gasteiger partial charge >= 0.3 is 0 Å². The Hall–Kier alpha value is -0.780. The molecule has 0 aliphatic carbocycles. The van der Waals surface area contributed by atoms with Crippen molar-refractivity contribution in [3.63, 3.8) is 0 Å². The first-order valence-electron chi connectivity index (χ1n) is 6.82. The summed E-state index contributed by atoms with van der Waals surface area (Å²) < 4.78 is 0. The summed E-state index contributed by atoms with van der Waals surface area (Å²) in [5, 5.41) is 0. The molecule has 2 rings (SSSR count). The number of likely N-dealkylation sites (tertiary alicyclic amines) is 1. The molecule has 0 atom stereocenters. The van der Waals surface area contributed by atoms with Crippen LogP contribution in [0, 0.1) is 0 Å². The van der Waals surface area contributed by atoms with E-state index in [2.05, 4.69) is 16.8 Å². The molecule has 0 amide bonds. The third-order valence-corrected chi connectivity index (χ3v) is 4.25. The van der Waals surface area contributed by atoms with Gasteiger partial charge in [-0.25, -0.2) is 0 Å². The van der Waals surface area contributed by atoms with Crippen molar-refractivity contribution in [3.8, 4) is 0 Å². The van der Waals surface area contributed by atoms with Crippen molar-refractivity contribution in [1.82, 2.24) is 14.7 Å². The van der Waals surface area contributed by atoms with Gasteiger partial charge in [0, 0.05) is 45.3 Å². The van der Waals surface area contributed by atoms with E-state index < -0.39 is 6.04 Å². The van der Waals surface area contributed by atoms with Crippen molar-refractivity contribution in [2.75, 3.05) is 46.3 Å². The minimum Gasteiger partial charge on any atom is -0.304 e. The third-order valence-electron chi connectivity index (χ3n) is 4.25. The maximum absolute atomic E-state index is 10.8. The molecule has 0 N–H and O–H groups in total. The third kappa shape index (κ3) is 3.16. The van der Waals surface area contributed by atoms with Crippen LogP contribution in [0.2, 0.25) is 0 Å². The fourth-order valence-corrected chi connectivity index (χ4v) is 2.94. The summed E-state index contributed by atoms with van der Waals surface area (Å²) in [4.78, 5) is 28.4. The van der Waals surface area contributed by atoms with Gasteiger partial charge in [-0.05, 0) is 19.9 Å². The van der Waals surface area contributed by atoms with Crippen molar-refractivity contribution in [2.45, 2.75) is 24.9 Å². The summed E-state index contributed by atoms with van der Waals surface area (Å²) in [6, 6.07) is 0.104. The molecule has 0 spiro atoms. The van der Waals surface area contributed by atoms with Crippen molar-refractivity contribution < 1.29 is 9.59 Å². The van der Waals surface area contributed by atoms with E-state index in [1.165, 1.54) is 0 Å². The van der Waals surface area contributed by atoms with Crippen LogP contribution in [0.1, 0.15) is 12.8 Å². The Bertz CT molecular complexity index is 274. The lowest BCUT2D eigenvalue weighted by Gasteiger charge is -2.42. The largest absolute Gasteiger partial charge is 0.304 e. The van der Waals surface area contributed by atoms with Gasteiger partial charge in [-0.3, -0.25) is 9.80 Å². The molecule has 2 aliphatic rings. The number of piperidine rings is 1. The van der Waals surface area contributed by atoms with Gasteiger partial charge in [-0.15, -0.1) is 0 Å². The first-order valence-corrected chi connectivity index (χ1v) is 6.82. The molecule has 2 fully saturated rings. The highest BCUT2D eigenvalue weighted by molar-refractivity contribution is 5.82. The van der Waals surface area contributed by atoms with Crippen LogP contribution < -0.4 is 0 Å². The number of aldehydes is 2. The predicted octanol–water partition coefficient (Wildman–Crippen LogP) is -0.535. The van der Waals surface area contributed by atoms with Gasteiger partial charge in [0.25, 0.3) is 0 Å². The lowest BCUT2D eigenvalue weighted by Crippen LogP contribution is -2.53. The quantitative estimate of drug-likeness (QED) is 0.497. The molecule has 2 saturated heterocycles. The monoisotopic (exact) mass is 253 g/mol. The first kappa shape index (κ1) is 13.6. The second-order valence-corrected chi connectivity index (χ2v) is 5.37. The normalized spacial score (nSPS) is 25.4. The first-order chi connectivity index (χ1) is 8.74. The molecule has 2 aliphatic heterocycles. The molecule has 0 unspecified atom stereocenters. The second-order valence-electron chi connectivity index (χ2n) is 5.37. The zero-order chi connectivity index (χ0) is 13.0. The average Bonchev–Trinajstić information content (AvgIpc) is 2.42. The van der Waals surface area contributed by atoms with Gasteiger partial charge in [0.05, 0.1) is 0 Å².